The fraction of sp³-hybridized carbons (Fsp3) is 0.0526. The standard InChI is InChI=1S/C19H16N4/c20-11-14-4-1-2-5-17(14)19-16(6-3-9-23-19)13-7-8-18(22)15(10-13)12-21/h1-10H,12,21-22H2. The molecular weight excluding hydrogens is 284 g/mol. The Bertz CT molecular complexity index is 894. The van der Waals surface area contributed by atoms with Crippen LogP contribution >= 0.6 is 0 Å². The van der Waals surface area contributed by atoms with Crippen molar-refractivity contribution in [1.82, 2.24) is 4.98 Å². The second kappa shape index (κ2) is 6.30. The van der Waals surface area contributed by atoms with E-state index in [2.05, 4.69) is 11.1 Å². The lowest BCUT2D eigenvalue weighted by Gasteiger charge is -2.12. The van der Waals surface area contributed by atoms with E-state index < -0.39 is 0 Å². The summed E-state index contributed by atoms with van der Waals surface area (Å²) in [5.41, 5.74) is 17.4. The van der Waals surface area contributed by atoms with Crippen molar-refractivity contribution in [3.05, 3.63) is 71.9 Å². The van der Waals surface area contributed by atoms with Gasteiger partial charge in [0.1, 0.15) is 0 Å². The number of nitrogens with two attached hydrogens (primary N) is 2. The number of anilines is 1. The van der Waals surface area contributed by atoms with Gasteiger partial charge in [0.05, 0.1) is 17.3 Å². The molecule has 0 aliphatic rings. The van der Waals surface area contributed by atoms with Crippen molar-refractivity contribution in [2.24, 2.45) is 5.73 Å². The lowest BCUT2D eigenvalue weighted by atomic mass is 9.95. The van der Waals surface area contributed by atoms with Crippen molar-refractivity contribution >= 4 is 5.69 Å². The van der Waals surface area contributed by atoms with Crippen molar-refractivity contribution in [2.45, 2.75) is 6.54 Å². The van der Waals surface area contributed by atoms with E-state index in [4.69, 9.17) is 11.5 Å². The van der Waals surface area contributed by atoms with E-state index in [0.717, 1.165) is 27.9 Å². The summed E-state index contributed by atoms with van der Waals surface area (Å²) < 4.78 is 0. The van der Waals surface area contributed by atoms with Crippen LogP contribution in [-0.4, -0.2) is 4.98 Å². The van der Waals surface area contributed by atoms with Crippen molar-refractivity contribution in [1.29, 1.82) is 5.26 Å². The lowest BCUT2D eigenvalue weighted by molar-refractivity contribution is 1.08. The number of hydrogen-bond acceptors (Lipinski definition) is 4. The summed E-state index contributed by atoms with van der Waals surface area (Å²) in [4.78, 5) is 4.50. The van der Waals surface area contributed by atoms with Gasteiger partial charge in [-0.15, -0.1) is 0 Å². The van der Waals surface area contributed by atoms with Gasteiger partial charge in [0, 0.05) is 29.6 Å². The highest BCUT2D eigenvalue weighted by Gasteiger charge is 2.12. The fourth-order valence-electron chi connectivity index (χ4n) is 2.59. The minimum absolute atomic E-state index is 0.379. The molecule has 3 aromatic rings. The topological polar surface area (TPSA) is 88.7 Å². The molecule has 4 nitrogen and oxygen atoms in total. The Hall–Kier alpha value is -3.16. The Morgan fingerprint density at radius 2 is 1.78 bits per heavy atom. The number of pyridine rings is 1. The molecule has 0 amide bonds. The molecular formula is C19H16N4. The van der Waals surface area contributed by atoms with Gasteiger partial charge in [-0.3, -0.25) is 4.98 Å². The first-order valence-electron chi connectivity index (χ1n) is 7.28. The van der Waals surface area contributed by atoms with Crippen LogP contribution in [0.3, 0.4) is 0 Å². The first kappa shape index (κ1) is 14.8. The van der Waals surface area contributed by atoms with Gasteiger partial charge in [0.2, 0.25) is 0 Å². The highest BCUT2D eigenvalue weighted by molar-refractivity contribution is 5.84. The number of benzene rings is 2. The van der Waals surface area contributed by atoms with Crippen LogP contribution in [0.15, 0.2) is 60.8 Å². The summed E-state index contributed by atoms with van der Waals surface area (Å²) in [6.45, 7) is 0.379. The van der Waals surface area contributed by atoms with Gasteiger partial charge in [-0.2, -0.15) is 5.26 Å². The number of hydrogen-bond donors (Lipinski definition) is 2. The van der Waals surface area contributed by atoms with Crippen LogP contribution in [0.4, 0.5) is 5.69 Å². The zero-order valence-corrected chi connectivity index (χ0v) is 12.5. The van der Waals surface area contributed by atoms with Crippen molar-refractivity contribution in [3.63, 3.8) is 0 Å². The van der Waals surface area contributed by atoms with Gasteiger partial charge in [-0.1, -0.05) is 30.3 Å². The van der Waals surface area contributed by atoms with Gasteiger partial charge in [-0.05, 0) is 35.4 Å². The summed E-state index contributed by atoms with van der Waals surface area (Å²) in [6, 6.07) is 19.3. The number of nitriles is 1. The molecule has 0 aliphatic carbocycles. The summed E-state index contributed by atoms with van der Waals surface area (Å²) in [6.07, 6.45) is 1.73. The van der Waals surface area contributed by atoms with Crippen LogP contribution in [0.1, 0.15) is 11.1 Å². The van der Waals surface area contributed by atoms with Crippen molar-refractivity contribution in [3.8, 4) is 28.5 Å². The molecule has 0 bridgehead atoms. The Morgan fingerprint density at radius 3 is 2.57 bits per heavy atom. The molecule has 1 heterocycles. The second-order valence-corrected chi connectivity index (χ2v) is 5.17. The number of nitrogens with zero attached hydrogens (tertiary/aromatic N) is 2. The molecule has 3 rings (SSSR count). The van der Waals surface area contributed by atoms with Gasteiger partial charge in [0.15, 0.2) is 0 Å². The van der Waals surface area contributed by atoms with E-state index in [0.29, 0.717) is 17.8 Å². The van der Waals surface area contributed by atoms with Crippen LogP contribution < -0.4 is 11.5 Å². The molecule has 112 valence electrons. The molecule has 4 N–H and O–H groups in total. The van der Waals surface area contributed by atoms with E-state index in [1.165, 1.54) is 0 Å². The van der Waals surface area contributed by atoms with Crippen LogP contribution in [0, 0.1) is 11.3 Å². The summed E-state index contributed by atoms with van der Waals surface area (Å²) >= 11 is 0. The predicted octanol–water partition coefficient (Wildman–Crippen LogP) is 3.33. The minimum Gasteiger partial charge on any atom is -0.398 e. The monoisotopic (exact) mass is 300 g/mol. The molecule has 0 unspecified atom stereocenters. The molecule has 23 heavy (non-hydrogen) atoms. The van der Waals surface area contributed by atoms with Crippen LogP contribution in [-0.2, 0) is 6.54 Å². The Balaban J connectivity index is 2.22. The molecule has 2 aromatic carbocycles. The number of aromatic nitrogens is 1. The Morgan fingerprint density at radius 1 is 1.00 bits per heavy atom. The zero-order valence-electron chi connectivity index (χ0n) is 12.5. The van der Waals surface area contributed by atoms with Gasteiger partial charge in [0.25, 0.3) is 0 Å². The number of rotatable bonds is 3. The highest BCUT2D eigenvalue weighted by atomic mass is 14.7. The largest absolute Gasteiger partial charge is 0.398 e. The lowest BCUT2D eigenvalue weighted by Crippen LogP contribution is -2.02. The number of nitrogen functional groups attached to an aromatic ring is 1. The Kier molecular flexibility index (Phi) is 4.05. The average molecular weight is 300 g/mol. The fourth-order valence-corrected chi connectivity index (χ4v) is 2.59. The van der Waals surface area contributed by atoms with E-state index in [9.17, 15) is 5.26 Å². The molecule has 0 saturated heterocycles. The Labute approximate surface area is 135 Å². The van der Waals surface area contributed by atoms with E-state index in [1.807, 2.05) is 48.5 Å². The molecule has 0 radical (unpaired) electrons. The third-order valence-corrected chi connectivity index (χ3v) is 3.78. The van der Waals surface area contributed by atoms with E-state index >= 15 is 0 Å². The third kappa shape index (κ3) is 2.78. The van der Waals surface area contributed by atoms with Gasteiger partial charge < -0.3 is 11.5 Å². The average Bonchev–Trinajstić information content (AvgIpc) is 2.62. The first-order chi connectivity index (χ1) is 11.2. The zero-order chi connectivity index (χ0) is 16.2. The second-order valence-electron chi connectivity index (χ2n) is 5.17. The van der Waals surface area contributed by atoms with Crippen molar-refractivity contribution in [2.75, 3.05) is 5.73 Å². The van der Waals surface area contributed by atoms with Crippen molar-refractivity contribution < 1.29 is 0 Å². The molecule has 0 atom stereocenters. The summed E-state index contributed by atoms with van der Waals surface area (Å²) in [5, 5.41) is 9.35. The van der Waals surface area contributed by atoms with Crippen LogP contribution in [0.2, 0.25) is 0 Å². The molecule has 0 fully saturated rings. The summed E-state index contributed by atoms with van der Waals surface area (Å²) in [5.74, 6) is 0. The van der Waals surface area contributed by atoms with Crippen LogP contribution in [0.25, 0.3) is 22.4 Å². The smallest absolute Gasteiger partial charge is 0.0998 e. The van der Waals surface area contributed by atoms with Crippen LogP contribution in [0.5, 0.6) is 0 Å². The van der Waals surface area contributed by atoms with Gasteiger partial charge in [-0.25, -0.2) is 0 Å². The van der Waals surface area contributed by atoms with Gasteiger partial charge >= 0.3 is 0 Å². The predicted molar refractivity (Wildman–Crippen MR) is 92.1 cm³/mol. The highest BCUT2D eigenvalue weighted by Crippen LogP contribution is 2.33. The molecule has 4 heteroatoms. The maximum absolute atomic E-state index is 9.35. The minimum atomic E-state index is 0.379. The SMILES string of the molecule is N#Cc1ccccc1-c1ncccc1-c1ccc(N)c(CN)c1. The quantitative estimate of drug-likeness (QED) is 0.726. The van der Waals surface area contributed by atoms with E-state index in [-0.39, 0.29) is 0 Å². The molecule has 1 aromatic heterocycles. The maximum atomic E-state index is 9.35. The third-order valence-electron chi connectivity index (χ3n) is 3.78. The molecule has 0 spiro atoms. The first-order valence-corrected chi connectivity index (χ1v) is 7.28. The van der Waals surface area contributed by atoms with E-state index in [1.54, 1.807) is 12.3 Å². The molecule has 0 aliphatic heterocycles. The maximum Gasteiger partial charge on any atom is 0.0998 e. The normalized spacial score (nSPS) is 10.3. The molecule has 0 saturated carbocycles. The summed E-state index contributed by atoms with van der Waals surface area (Å²) in [7, 11) is 0.